The van der Waals surface area contributed by atoms with Gasteiger partial charge in [0.2, 0.25) is 5.91 Å². The lowest BCUT2D eigenvalue weighted by Gasteiger charge is -2.36. The van der Waals surface area contributed by atoms with Crippen molar-refractivity contribution in [2.24, 2.45) is 0 Å². The highest BCUT2D eigenvalue weighted by molar-refractivity contribution is 6.22. The monoisotopic (exact) mass is 403 g/mol. The Hall–Kier alpha value is -3.25. The summed E-state index contributed by atoms with van der Waals surface area (Å²) in [6, 6.07) is 16.1. The molecule has 0 saturated carbocycles. The van der Waals surface area contributed by atoms with Crippen LogP contribution in [-0.2, 0) is 4.79 Å². The summed E-state index contributed by atoms with van der Waals surface area (Å²) in [4.78, 5) is 43.4. The molecule has 1 fully saturated rings. The molecule has 2 aliphatic heterocycles. The smallest absolute Gasteiger partial charge is 0.262 e. The minimum absolute atomic E-state index is 0.177. The molecule has 3 amide bonds. The van der Waals surface area contributed by atoms with E-state index in [-0.39, 0.29) is 17.7 Å². The summed E-state index contributed by atoms with van der Waals surface area (Å²) in [7, 11) is 0. The summed E-state index contributed by atoms with van der Waals surface area (Å²) >= 11 is 0. The molecule has 2 aliphatic rings. The molecule has 154 valence electrons. The zero-order valence-corrected chi connectivity index (χ0v) is 17.0. The van der Waals surface area contributed by atoms with Crippen molar-refractivity contribution >= 4 is 23.8 Å². The second-order valence-electron chi connectivity index (χ2n) is 7.64. The van der Waals surface area contributed by atoms with Crippen molar-refractivity contribution < 1.29 is 14.4 Å². The average molecular weight is 403 g/mol. The van der Waals surface area contributed by atoms with E-state index in [1.807, 2.05) is 18.2 Å². The van der Waals surface area contributed by atoms with Crippen LogP contribution in [0.3, 0.4) is 0 Å². The molecule has 1 atom stereocenters. The van der Waals surface area contributed by atoms with Crippen LogP contribution in [0.1, 0.15) is 33.2 Å². The minimum atomic E-state index is -0.804. The van der Waals surface area contributed by atoms with Gasteiger partial charge in [-0.3, -0.25) is 24.2 Å². The molecule has 0 radical (unpaired) electrons. The van der Waals surface area contributed by atoms with E-state index in [1.165, 1.54) is 5.56 Å². The van der Waals surface area contributed by atoms with Crippen molar-refractivity contribution in [2.75, 3.05) is 32.7 Å². The number of imide groups is 1. The number of hydrogen-bond acceptors (Lipinski definition) is 4. The summed E-state index contributed by atoms with van der Waals surface area (Å²) in [5.41, 5.74) is 1.91. The minimum Gasteiger partial charge on any atom is -0.338 e. The fourth-order valence-corrected chi connectivity index (χ4v) is 3.99. The second kappa shape index (κ2) is 8.63. The number of rotatable bonds is 5. The zero-order chi connectivity index (χ0) is 21.1. The summed E-state index contributed by atoms with van der Waals surface area (Å²) in [6.45, 7) is 5.17. The molecule has 0 bridgehead atoms. The maximum atomic E-state index is 13.0. The van der Waals surface area contributed by atoms with Gasteiger partial charge in [-0.15, -0.1) is 0 Å². The molecule has 30 heavy (non-hydrogen) atoms. The van der Waals surface area contributed by atoms with E-state index in [0.29, 0.717) is 24.2 Å². The number of benzene rings is 2. The van der Waals surface area contributed by atoms with Crippen molar-refractivity contribution in [1.82, 2.24) is 14.7 Å². The fourth-order valence-electron chi connectivity index (χ4n) is 3.99. The van der Waals surface area contributed by atoms with E-state index < -0.39 is 6.04 Å². The first-order chi connectivity index (χ1) is 14.6. The van der Waals surface area contributed by atoms with Gasteiger partial charge in [-0.2, -0.15) is 0 Å². The van der Waals surface area contributed by atoms with Crippen LogP contribution in [0.5, 0.6) is 0 Å². The first-order valence-corrected chi connectivity index (χ1v) is 10.3. The van der Waals surface area contributed by atoms with Crippen LogP contribution >= 0.6 is 0 Å². The third-order valence-corrected chi connectivity index (χ3v) is 5.73. The standard InChI is InChI=1S/C24H25N3O3/c1-18(27-23(29)20-11-5-6-12-21(20)24(27)30)22(28)26-16-14-25(15-17-26)13-7-10-19-8-3-2-4-9-19/h2-12,18H,13-17H2,1H3/b10-7+/t18-/m0/s1. The van der Waals surface area contributed by atoms with Crippen LogP contribution in [0.15, 0.2) is 60.7 Å². The number of piperazine rings is 1. The highest BCUT2D eigenvalue weighted by atomic mass is 16.2. The number of carbonyl (C=O) groups is 3. The van der Waals surface area contributed by atoms with E-state index >= 15 is 0 Å². The van der Waals surface area contributed by atoms with Gasteiger partial charge in [0.25, 0.3) is 11.8 Å². The fraction of sp³-hybridized carbons (Fsp3) is 0.292. The lowest BCUT2D eigenvalue weighted by molar-refractivity contribution is -0.136. The van der Waals surface area contributed by atoms with Gasteiger partial charge in [0.15, 0.2) is 0 Å². The first-order valence-electron chi connectivity index (χ1n) is 10.3. The number of carbonyl (C=O) groups excluding carboxylic acids is 3. The second-order valence-corrected chi connectivity index (χ2v) is 7.64. The molecule has 0 aromatic heterocycles. The van der Waals surface area contributed by atoms with Crippen LogP contribution < -0.4 is 0 Å². The van der Waals surface area contributed by atoms with Crippen LogP contribution in [-0.4, -0.2) is 71.2 Å². The van der Waals surface area contributed by atoms with Crippen LogP contribution in [0.4, 0.5) is 0 Å². The van der Waals surface area contributed by atoms with E-state index in [9.17, 15) is 14.4 Å². The molecule has 0 spiro atoms. The summed E-state index contributed by atoms with van der Waals surface area (Å²) < 4.78 is 0. The Morgan fingerprint density at radius 3 is 2.07 bits per heavy atom. The Labute approximate surface area is 176 Å². The number of hydrogen-bond donors (Lipinski definition) is 0. The molecule has 1 saturated heterocycles. The van der Waals surface area contributed by atoms with Crippen LogP contribution in [0.2, 0.25) is 0 Å². The van der Waals surface area contributed by atoms with Crippen molar-refractivity contribution in [2.45, 2.75) is 13.0 Å². The van der Waals surface area contributed by atoms with Crippen molar-refractivity contribution in [3.05, 3.63) is 77.4 Å². The normalized spacial score (nSPS) is 18.2. The molecular formula is C24H25N3O3. The van der Waals surface area contributed by atoms with Gasteiger partial charge in [0.05, 0.1) is 11.1 Å². The Morgan fingerprint density at radius 2 is 1.47 bits per heavy atom. The molecule has 6 nitrogen and oxygen atoms in total. The molecular weight excluding hydrogens is 378 g/mol. The van der Waals surface area contributed by atoms with E-state index in [0.717, 1.165) is 24.5 Å². The van der Waals surface area contributed by atoms with Gasteiger partial charge in [0, 0.05) is 32.7 Å². The largest absolute Gasteiger partial charge is 0.338 e. The third-order valence-electron chi connectivity index (χ3n) is 5.73. The highest BCUT2D eigenvalue weighted by Crippen LogP contribution is 2.25. The van der Waals surface area contributed by atoms with E-state index in [2.05, 4.69) is 29.2 Å². The number of amides is 3. The van der Waals surface area contributed by atoms with Gasteiger partial charge in [0.1, 0.15) is 6.04 Å². The van der Waals surface area contributed by atoms with Crippen molar-refractivity contribution in [3.8, 4) is 0 Å². The molecule has 4 rings (SSSR count). The van der Waals surface area contributed by atoms with E-state index in [1.54, 1.807) is 36.1 Å². The average Bonchev–Trinajstić information content (AvgIpc) is 3.04. The molecule has 2 heterocycles. The summed E-state index contributed by atoms with van der Waals surface area (Å²) in [5, 5.41) is 0. The van der Waals surface area contributed by atoms with Crippen LogP contribution in [0.25, 0.3) is 6.08 Å². The molecule has 0 aliphatic carbocycles. The van der Waals surface area contributed by atoms with Crippen molar-refractivity contribution in [3.63, 3.8) is 0 Å². The molecule has 2 aromatic rings. The number of fused-ring (bicyclic) bond motifs is 1. The highest BCUT2D eigenvalue weighted by Gasteiger charge is 2.41. The van der Waals surface area contributed by atoms with Gasteiger partial charge >= 0.3 is 0 Å². The Morgan fingerprint density at radius 1 is 0.900 bits per heavy atom. The van der Waals surface area contributed by atoms with Crippen molar-refractivity contribution in [1.29, 1.82) is 0 Å². The molecule has 0 unspecified atom stereocenters. The predicted molar refractivity (Wildman–Crippen MR) is 115 cm³/mol. The third kappa shape index (κ3) is 3.91. The van der Waals surface area contributed by atoms with Gasteiger partial charge in [-0.05, 0) is 24.6 Å². The maximum absolute atomic E-state index is 13.0. The van der Waals surface area contributed by atoms with Gasteiger partial charge in [-0.1, -0.05) is 54.6 Å². The topological polar surface area (TPSA) is 60.9 Å². The molecule has 6 heteroatoms. The van der Waals surface area contributed by atoms with Gasteiger partial charge in [-0.25, -0.2) is 0 Å². The van der Waals surface area contributed by atoms with Crippen LogP contribution in [0, 0.1) is 0 Å². The summed E-state index contributed by atoms with van der Waals surface area (Å²) in [5.74, 6) is -0.953. The predicted octanol–water partition coefficient (Wildman–Crippen LogP) is 2.53. The summed E-state index contributed by atoms with van der Waals surface area (Å²) in [6.07, 6.45) is 4.23. The lowest BCUT2D eigenvalue weighted by atomic mass is 10.1. The Balaban J connectivity index is 1.32. The zero-order valence-electron chi connectivity index (χ0n) is 17.0. The van der Waals surface area contributed by atoms with E-state index in [4.69, 9.17) is 0 Å². The molecule has 0 N–H and O–H groups in total. The SMILES string of the molecule is C[C@@H](C(=O)N1CCN(C/C=C/c2ccccc2)CC1)N1C(=O)c2ccccc2C1=O. The first kappa shape index (κ1) is 20.0. The number of nitrogens with zero attached hydrogens (tertiary/aromatic N) is 3. The quantitative estimate of drug-likeness (QED) is 0.720. The lowest BCUT2D eigenvalue weighted by Crippen LogP contribution is -2.55. The van der Waals surface area contributed by atoms with Gasteiger partial charge < -0.3 is 4.90 Å². The molecule has 2 aromatic carbocycles. The Kier molecular flexibility index (Phi) is 5.77. The maximum Gasteiger partial charge on any atom is 0.262 e. The Bertz CT molecular complexity index is 943.